The van der Waals surface area contributed by atoms with Gasteiger partial charge in [0.2, 0.25) is 5.89 Å². The van der Waals surface area contributed by atoms with Crippen molar-refractivity contribution in [3.63, 3.8) is 0 Å². The molecule has 18 heavy (non-hydrogen) atoms. The van der Waals surface area contributed by atoms with Gasteiger partial charge in [0.05, 0.1) is 16.3 Å². The molecule has 94 valence electrons. The van der Waals surface area contributed by atoms with Crippen LogP contribution < -0.4 is 5.32 Å². The van der Waals surface area contributed by atoms with E-state index in [0.29, 0.717) is 17.0 Å². The Balaban J connectivity index is 1.78. The third kappa shape index (κ3) is 2.76. The molecule has 1 aromatic carbocycles. The predicted molar refractivity (Wildman–Crippen MR) is 74.5 cm³/mol. The SMILES string of the molecule is Clc1cc(Br)ccc1-c1nc(CNC2CC2)co1. The number of hydrogen-bond acceptors (Lipinski definition) is 3. The zero-order chi connectivity index (χ0) is 12.5. The van der Waals surface area contributed by atoms with Crippen molar-refractivity contribution in [3.8, 4) is 11.5 Å². The van der Waals surface area contributed by atoms with Gasteiger partial charge in [0, 0.05) is 17.1 Å². The number of oxazole rings is 1. The maximum atomic E-state index is 6.17. The molecule has 0 spiro atoms. The van der Waals surface area contributed by atoms with Crippen molar-refractivity contribution in [1.29, 1.82) is 0 Å². The van der Waals surface area contributed by atoms with Crippen LogP contribution in [0.4, 0.5) is 0 Å². The van der Waals surface area contributed by atoms with Crippen LogP contribution in [0, 0.1) is 0 Å². The highest BCUT2D eigenvalue weighted by molar-refractivity contribution is 9.10. The summed E-state index contributed by atoms with van der Waals surface area (Å²) in [6, 6.07) is 6.33. The summed E-state index contributed by atoms with van der Waals surface area (Å²) in [5.74, 6) is 0.570. The van der Waals surface area contributed by atoms with E-state index >= 15 is 0 Å². The summed E-state index contributed by atoms with van der Waals surface area (Å²) in [6.45, 7) is 0.752. The average molecular weight is 328 g/mol. The molecule has 1 aromatic heterocycles. The Morgan fingerprint density at radius 3 is 3.00 bits per heavy atom. The molecule has 0 amide bonds. The second-order valence-electron chi connectivity index (χ2n) is 4.42. The van der Waals surface area contributed by atoms with Crippen molar-refractivity contribution in [2.75, 3.05) is 0 Å². The molecule has 0 unspecified atom stereocenters. The Bertz CT molecular complexity index is 566. The molecule has 1 aliphatic carbocycles. The van der Waals surface area contributed by atoms with Crippen LogP contribution >= 0.6 is 27.5 Å². The Kier molecular flexibility index (Phi) is 3.41. The van der Waals surface area contributed by atoms with Gasteiger partial charge in [-0.15, -0.1) is 0 Å². The van der Waals surface area contributed by atoms with Crippen LogP contribution in [0.5, 0.6) is 0 Å². The molecule has 3 nitrogen and oxygen atoms in total. The number of benzene rings is 1. The first-order valence-corrected chi connectivity index (χ1v) is 7.02. The zero-order valence-corrected chi connectivity index (χ0v) is 12.0. The monoisotopic (exact) mass is 326 g/mol. The smallest absolute Gasteiger partial charge is 0.227 e. The number of hydrogen-bond donors (Lipinski definition) is 1. The molecule has 5 heteroatoms. The standard InChI is InChI=1S/C13H12BrClN2O/c14-8-1-4-11(12(15)5-8)13-17-10(7-18-13)6-16-9-2-3-9/h1,4-5,7,9,16H,2-3,6H2. The molecule has 1 saturated carbocycles. The Labute approximate surface area is 119 Å². The fourth-order valence-electron chi connectivity index (χ4n) is 1.71. The van der Waals surface area contributed by atoms with Crippen molar-refractivity contribution in [2.24, 2.45) is 0 Å². The molecule has 1 N–H and O–H groups in total. The summed E-state index contributed by atoms with van der Waals surface area (Å²) in [5.41, 5.74) is 1.73. The van der Waals surface area contributed by atoms with E-state index in [1.807, 2.05) is 18.2 Å². The Hall–Kier alpha value is -0.840. The lowest BCUT2D eigenvalue weighted by Gasteiger charge is -1.99. The van der Waals surface area contributed by atoms with Gasteiger partial charge in [0.15, 0.2) is 0 Å². The van der Waals surface area contributed by atoms with E-state index in [-0.39, 0.29) is 0 Å². The van der Waals surface area contributed by atoms with Gasteiger partial charge in [-0.2, -0.15) is 0 Å². The van der Waals surface area contributed by atoms with Crippen LogP contribution in [0.2, 0.25) is 5.02 Å². The van der Waals surface area contributed by atoms with E-state index in [1.165, 1.54) is 12.8 Å². The van der Waals surface area contributed by atoms with Crippen LogP contribution in [0.25, 0.3) is 11.5 Å². The van der Waals surface area contributed by atoms with Crippen molar-refractivity contribution in [2.45, 2.75) is 25.4 Å². The van der Waals surface area contributed by atoms with E-state index in [2.05, 4.69) is 26.2 Å². The normalized spacial score (nSPS) is 15.0. The van der Waals surface area contributed by atoms with Gasteiger partial charge >= 0.3 is 0 Å². The molecule has 1 aliphatic rings. The number of nitrogens with one attached hydrogen (secondary N) is 1. The van der Waals surface area contributed by atoms with Crippen molar-refractivity contribution in [1.82, 2.24) is 10.3 Å². The molecule has 0 radical (unpaired) electrons. The fraction of sp³-hybridized carbons (Fsp3) is 0.308. The van der Waals surface area contributed by atoms with Gasteiger partial charge in [0.25, 0.3) is 0 Å². The molecule has 0 atom stereocenters. The maximum Gasteiger partial charge on any atom is 0.227 e. The van der Waals surface area contributed by atoms with Crippen LogP contribution in [-0.4, -0.2) is 11.0 Å². The van der Waals surface area contributed by atoms with E-state index in [9.17, 15) is 0 Å². The minimum Gasteiger partial charge on any atom is -0.444 e. The van der Waals surface area contributed by atoms with Crippen molar-refractivity contribution < 1.29 is 4.42 Å². The lowest BCUT2D eigenvalue weighted by molar-refractivity contribution is 0.570. The highest BCUT2D eigenvalue weighted by atomic mass is 79.9. The summed E-state index contributed by atoms with van der Waals surface area (Å²) in [7, 11) is 0. The lowest BCUT2D eigenvalue weighted by atomic mass is 10.2. The summed E-state index contributed by atoms with van der Waals surface area (Å²) < 4.78 is 6.42. The van der Waals surface area contributed by atoms with Gasteiger partial charge in [-0.05, 0) is 31.0 Å². The van der Waals surface area contributed by atoms with E-state index in [4.69, 9.17) is 16.0 Å². The molecule has 2 aromatic rings. The van der Waals surface area contributed by atoms with E-state index in [1.54, 1.807) is 6.26 Å². The van der Waals surface area contributed by atoms with Crippen LogP contribution in [0.1, 0.15) is 18.5 Å². The molecule has 1 heterocycles. The first-order valence-electron chi connectivity index (χ1n) is 5.85. The number of rotatable bonds is 4. The molecule has 0 bridgehead atoms. The minimum absolute atomic E-state index is 0.570. The zero-order valence-electron chi connectivity index (χ0n) is 9.62. The summed E-state index contributed by atoms with van der Waals surface area (Å²) in [6.07, 6.45) is 4.22. The predicted octanol–water partition coefficient (Wildman–Crippen LogP) is 4.01. The van der Waals surface area contributed by atoms with Crippen LogP contribution in [0.3, 0.4) is 0 Å². The largest absolute Gasteiger partial charge is 0.444 e. The molecule has 0 saturated heterocycles. The molecule has 1 fully saturated rings. The quantitative estimate of drug-likeness (QED) is 0.922. The first kappa shape index (κ1) is 12.2. The highest BCUT2D eigenvalue weighted by Crippen LogP contribution is 2.30. The third-order valence-electron chi connectivity index (χ3n) is 2.86. The van der Waals surface area contributed by atoms with E-state index in [0.717, 1.165) is 22.3 Å². The van der Waals surface area contributed by atoms with Crippen molar-refractivity contribution >= 4 is 27.5 Å². The molecular formula is C13H12BrClN2O. The Morgan fingerprint density at radius 2 is 2.28 bits per heavy atom. The number of aromatic nitrogens is 1. The van der Waals surface area contributed by atoms with Gasteiger partial charge in [-0.25, -0.2) is 4.98 Å². The summed E-state index contributed by atoms with van der Waals surface area (Å²) in [4.78, 5) is 4.44. The number of halogens is 2. The molecular weight excluding hydrogens is 316 g/mol. The van der Waals surface area contributed by atoms with E-state index < -0.39 is 0 Å². The van der Waals surface area contributed by atoms with Gasteiger partial charge in [-0.1, -0.05) is 27.5 Å². The van der Waals surface area contributed by atoms with Gasteiger partial charge in [-0.3, -0.25) is 0 Å². The summed E-state index contributed by atoms with van der Waals surface area (Å²) >= 11 is 9.54. The average Bonchev–Trinajstić information content (AvgIpc) is 3.05. The second-order valence-corrected chi connectivity index (χ2v) is 5.75. The molecule has 0 aliphatic heterocycles. The number of nitrogens with zero attached hydrogens (tertiary/aromatic N) is 1. The third-order valence-corrected chi connectivity index (χ3v) is 3.67. The minimum atomic E-state index is 0.570. The van der Waals surface area contributed by atoms with Crippen LogP contribution in [0.15, 0.2) is 33.4 Å². The van der Waals surface area contributed by atoms with Crippen LogP contribution in [-0.2, 0) is 6.54 Å². The van der Waals surface area contributed by atoms with Crippen molar-refractivity contribution in [3.05, 3.63) is 39.7 Å². The second kappa shape index (κ2) is 5.03. The maximum absolute atomic E-state index is 6.17. The van der Waals surface area contributed by atoms with Gasteiger partial charge < -0.3 is 9.73 Å². The van der Waals surface area contributed by atoms with Gasteiger partial charge in [0.1, 0.15) is 6.26 Å². The highest BCUT2D eigenvalue weighted by Gasteiger charge is 2.20. The Morgan fingerprint density at radius 1 is 1.44 bits per heavy atom. The first-order chi connectivity index (χ1) is 8.72. The summed E-state index contributed by atoms with van der Waals surface area (Å²) in [5, 5.41) is 4.03. The fourth-order valence-corrected chi connectivity index (χ4v) is 2.47. The lowest BCUT2D eigenvalue weighted by Crippen LogP contribution is -2.15. The topological polar surface area (TPSA) is 38.1 Å². The molecule has 3 rings (SSSR count).